The van der Waals surface area contributed by atoms with E-state index in [0.717, 1.165) is 17.3 Å². The third-order valence-electron chi connectivity index (χ3n) is 3.99. The second-order valence-electron chi connectivity index (χ2n) is 5.08. The highest BCUT2D eigenvalue weighted by Crippen LogP contribution is 2.57. The van der Waals surface area contributed by atoms with Gasteiger partial charge >= 0.3 is 0 Å². The summed E-state index contributed by atoms with van der Waals surface area (Å²) in [5.74, 6) is 1.99. The molecule has 0 unspecified atom stereocenters. The van der Waals surface area contributed by atoms with Gasteiger partial charge in [0.2, 0.25) is 0 Å². The maximum atomic E-state index is 2.38. The molecule has 0 aromatic heterocycles. The van der Waals surface area contributed by atoms with Crippen LogP contribution in [0.3, 0.4) is 0 Å². The maximum Gasteiger partial charge on any atom is -0.0297 e. The van der Waals surface area contributed by atoms with Crippen LogP contribution in [0.25, 0.3) is 0 Å². The van der Waals surface area contributed by atoms with Crippen molar-refractivity contribution in [1.29, 1.82) is 0 Å². The van der Waals surface area contributed by atoms with Crippen LogP contribution in [0.2, 0.25) is 0 Å². The fourth-order valence-electron chi connectivity index (χ4n) is 2.60. The maximum absolute atomic E-state index is 2.38. The van der Waals surface area contributed by atoms with Crippen molar-refractivity contribution in [3.8, 4) is 0 Å². The minimum Gasteiger partial charge on any atom is -0.0683 e. The Kier molecular flexibility index (Phi) is 3.82. The van der Waals surface area contributed by atoms with Gasteiger partial charge in [0.15, 0.2) is 0 Å². The Hall–Kier alpha value is 0. The van der Waals surface area contributed by atoms with Crippen LogP contribution in [0.5, 0.6) is 0 Å². The summed E-state index contributed by atoms with van der Waals surface area (Å²) < 4.78 is 0. The molecule has 0 N–H and O–H groups in total. The molecule has 0 aromatic rings. The molecule has 0 heterocycles. The monoisotopic (exact) mass is 182 g/mol. The number of hydrogen-bond donors (Lipinski definition) is 0. The lowest BCUT2D eigenvalue weighted by Crippen LogP contribution is -2.19. The van der Waals surface area contributed by atoms with Crippen molar-refractivity contribution in [2.24, 2.45) is 17.3 Å². The molecule has 1 spiro atoms. The van der Waals surface area contributed by atoms with Gasteiger partial charge in [-0.05, 0) is 55.8 Å². The van der Waals surface area contributed by atoms with Gasteiger partial charge in [0.05, 0.1) is 0 Å². The summed E-state index contributed by atoms with van der Waals surface area (Å²) in [6.07, 6.45) is 9.26. The highest BCUT2D eigenvalue weighted by molar-refractivity contribution is 4.96. The first-order chi connectivity index (χ1) is 6.22. The Bertz CT molecular complexity index is 132. The van der Waals surface area contributed by atoms with E-state index in [-0.39, 0.29) is 0 Å². The van der Waals surface area contributed by atoms with Gasteiger partial charge in [-0.2, -0.15) is 0 Å². The first-order valence-electron chi connectivity index (χ1n) is 6.22. The molecule has 2 rings (SSSR count). The van der Waals surface area contributed by atoms with Crippen LogP contribution >= 0.6 is 0 Å². The first-order valence-corrected chi connectivity index (χ1v) is 6.22. The Morgan fingerprint density at radius 3 is 1.69 bits per heavy atom. The normalized spacial score (nSPS) is 25.6. The molecule has 0 nitrogen and oxygen atoms in total. The van der Waals surface area contributed by atoms with Gasteiger partial charge in [-0.1, -0.05) is 27.7 Å². The fraction of sp³-hybridized carbons (Fsp3) is 1.00. The summed E-state index contributed by atoms with van der Waals surface area (Å²) in [4.78, 5) is 0. The molecule has 0 aliphatic heterocycles. The van der Waals surface area contributed by atoms with Crippen LogP contribution in [0.1, 0.15) is 66.2 Å². The van der Waals surface area contributed by atoms with Gasteiger partial charge in [-0.25, -0.2) is 0 Å². The second-order valence-corrected chi connectivity index (χ2v) is 5.08. The minimum atomic E-state index is 0.894. The van der Waals surface area contributed by atoms with Crippen LogP contribution in [0, 0.1) is 17.3 Å². The molecule has 0 bridgehead atoms. The van der Waals surface area contributed by atoms with Crippen LogP contribution in [0.15, 0.2) is 0 Å². The summed E-state index contributed by atoms with van der Waals surface area (Å²) >= 11 is 0. The molecule has 0 aromatic carbocycles. The predicted molar refractivity (Wildman–Crippen MR) is 59.8 cm³/mol. The van der Waals surface area contributed by atoms with E-state index in [4.69, 9.17) is 0 Å². The summed E-state index contributed by atoms with van der Waals surface area (Å²) in [6.45, 7) is 8.77. The lowest BCUT2D eigenvalue weighted by atomic mass is 9.75. The zero-order valence-corrected chi connectivity index (χ0v) is 9.90. The zero-order chi connectivity index (χ0) is 9.90. The third-order valence-corrected chi connectivity index (χ3v) is 3.99. The van der Waals surface area contributed by atoms with Gasteiger partial charge < -0.3 is 0 Å². The van der Waals surface area contributed by atoms with Crippen LogP contribution in [-0.4, -0.2) is 0 Å². The molecule has 2 aliphatic rings. The van der Waals surface area contributed by atoms with Crippen molar-refractivity contribution in [3.63, 3.8) is 0 Å². The lowest BCUT2D eigenvalue weighted by Gasteiger charge is -2.30. The molecular formula is C13H26. The van der Waals surface area contributed by atoms with Crippen molar-refractivity contribution in [2.45, 2.75) is 66.2 Å². The Balaban J connectivity index is 0.000000396. The fourth-order valence-corrected chi connectivity index (χ4v) is 2.60. The van der Waals surface area contributed by atoms with Gasteiger partial charge in [-0.3, -0.25) is 0 Å². The van der Waals surface area contributed by atoms with Crippen LogP contribution in [0.4, 0.5) is 0 Å². The van der Waals surface area contributed by atoms with Gasteiger partial charge in [0, 0.05) is 0 Å². The van der Waals surface area contributed by atoms with Gasteiger partial charge in [0.25, 0.3) is 0 Å². The number of rotatable bonds is 1. The number of hydrogen-bond acceptors (Lipinski definition) is 0. The van der Waals surface area contributed by atoms with Gasteiger partial charge in [-0.15, -0.1) is 0 Å². The third kappa shape index (κ3) is 2.72. The molecule has 78 valence electrons. The van der Waals surface area contributed by atoms with E-state index in [1.807, 2.05) is 13.8 Å². The van der Waals surface area contributed by atoms with Crippen LogP contribution < -0.4 is 0 Å². The van der Waals surface area contributed by atoms with Crippen molar-refractivity contribution in [3.05, 3.63) is 0 Å². The van der Waals surface area contributed by atoms with Crippen molar-refractivity contribution >= 4 is 0 Å². The summed E-state index contributed by atoms with van der Waals surface area (Å²) in [5.41, 5.74) is 0.894. The van der Waals surface area contributed by atoms with E-state index in [9.17, 15) is 0 Å². The second kappa shape index (κ2) is 4.48. The Labute approximate surface area is 84.1 Å². The molecule has 2 aliphatic carbocycles. The SMILES string of the molecule is CC.CC(C)C1CCC2(CC1)CC2. The standard InChI is InChI=1S/C11H20.C2H6/c1-9(2)10-3-5-11(6-4-10)7-8-11;1-2/h9-10H,3-8H2,1-2H3;1-2H3. The largest absolute Gasteiger partial charge is 0.0683 e. The lowest BCUT2D eigenvalue weighted by molar-refractivity contribution is 0.210. The van der Waals surface area contributed by atoms with Crippen molar-refractivity contribution in [1.82, 2.24) is 0 Å². The molecule has 0 atom stereocenters. The summed E-state index contributed by atoms with van der Waals surface area (Å²) in [6, 6.07) is 0. The molecule has 2 saturated carbocycles. The van der Waals surface area contributed by atoms with E-state index in [1.54, 1.807) is 25.7 Å². The predicted octanol–water partition coefficient (Wildman–Crippen LogP) is 4.64. The molecule has 0 heteroatoms. The summed E-state index contributed by atoms with van der Waals surface area (Å²) in [7, 11) is 0. The molecule has 0 saturated heterocycles. The van der Waals surface area contributed by atoms with E-state index in [2.05, 4.69) is 13.8 Å². The first kappa shape index (κ1) is 11.1. The topological polar surface area (TPSA) is 0 Å². The van der Waals surface area contributed by atoms with E-state index < -0.39 is 0 Å². The van der Waals surface area contributed by atoms with E-state index >= 15 is 0 Å². The molecular weight excluding hydrogens is 156 g/mol. The van der Waals surface area contributed by atoms with Gasteiger partial charge in [0.1, 0.15) is 0 Å². The van der Waals surface area contributed by atoms with E-state index in [1.165, 1.54) is 12.8 Å². The Morgan fingerprint density at radius 2 is 1.38 bits per heavy atom. The minimum absolute atomic E-state index is 0.894. The Morgan fingerprint density at radius 1 is 0.923 bits per heavy atom. The van der Waals surface area contributed by atoms with Crippen molar-refractivity contribution in [2.75, 3.05) is 0 Å². The van der Waals surface area contributed by atoms with E-state index in [0.29, 0.717) is 0 Å². The zero-order valence-electron chi connectivity index (χ0n) is 9.90. The highest BCUT2D eigenvalue weighted by Gasteiger charge is 2.44. The molecule has 0 radical (unpaired) electrons. The molecule has 0 amide bonds. The van der Waals surface area contributed by atoms with Crippen molar-refractivity contribution < 1.29 is 0 Å². The highest BCUT2D eigenvalue weighted by atomic mass is 14.5. The average Bonchev–Trinajstić information content (AvgIpc) is 2.89. The summed E-state index contributed by atoms with van der Waals surface area (Å²) in [5, 5.41) is 0. The molecule has 13 heavy (non-hydrogen) atoms. The van der Waals surface area contributed by atoms with Crippen LogP contribution in [-0.2, 0) is 0 Å². The average molecular weight is 182 g/mol. The smallest absolute Gasteiger partial charge is 0.0297 e. The quantitative estimate of drug-likeness (QED) is 0.554. The molecule has 2 fully saturated rings.